The predicted octanol–water partition coefficient (Wildman–Crippen LogP) is 4.29. The van der Waals surface area contributed by atoms with Crippen LogP contribution in [0.3, 0.4) is 0 Å². The van der Waals surface area contributed by atoms with Crippen molar-refractivity contribution in [3.05, 3.63) is 89.2 Å². The lowest BCUT2D eigenvalue weighted by Crippen LogP contribution is -2.37. The first-order valence-corrected chi connectivity index (χ1v) is 9.73. The Hall–Kier alpha value is -2.85. The van der Waals surface area contributed by atoms with Gasteiger partial charge < -0.3 is 9.47 Å². The van der Waals surface area contributed by atoms with Gasteiger partial charge in [0.25, 0.3) is 0 Å². The van der Waals surface area contributed by atoms with Crippen LogP contribution in [0.15, 0.2) is 67.0 Å². The lowest BCUT2D eigenvalue weighted by Gasteiger charge is -2.38. The maximum absolute atomic E-state index is 5.60. The average molecular weight is 374 g/mol. The maximum Gasteiger partial charge on any atom is 0.161 e. The highest BCUT2D eigenvalue weighted by Gasteiger charge is 2.30. The van der Waals surface area contributed by atoms with Gasteiger partial charge in [0.2, 0.25) is 0 Å². The van der Waals surface area contributed by atoms with Gasteiger partial charge in [-0.05, 0) is 59.4 Å². The van der Waals surface area contributed by atoms with Gasteiger partial charge in [-0.15, -0.1) is 0 Å². The zero-order chi connectivity index (χ0) is 19.3. The molecule has 0 radical (unpaired) electrons. The van der Waals surface area contributed by atoms with Crippen LogP contribution in [0.25, 0.3) is 0 Å². The van der Waals surface area contributed by atoms with Gasteiger partial charge in [0.05, 0.1) is 20.3 Å². The topological polar surface area (TPSA) is 34.6 Å². The van der Waals surface area contributed by atoms with E-state index in [1.165, 1.54) is 22.3 Å². The van der Waals surface area contributed by atoms with Crippen LogP contribution in [-0.2, 0) is 12.8 Å². The number of hydrogen-bond acceptors (Lipinski definition) is 4. The third kappa shape index (κ3) is 3.73. The van der Waals surface area contributed by atoms with E-state index in [1.54, 1.807) is 14.2 Å². The molecule has 4 nitrogen and oxygen atoms in total. The van der Waals surface area contributed by atoms with E-state index < -0.39 is 0 Å². The van der Waals surface area contributed by atoms with E-state index in [4.69, 9.17) is 9.47 Å². The summed E-state index contributed by atoms with van der Waals surface area (Å²) in [5.74, 6) is 1.59. The maximum atomic E-state index is 5.60. The second-order valence-corrected chi connectivity index (χ2v) is 7.11. The molecular formula is C24H26N2O2. The van der Waals surface area contributed by atoms with E-state index in [2.05, 4.69) is 64.5 Å². The minimum absolute atomic E-state index is 0.214. The summed E-state index contributed by atoms with van der Waals surface area (Å²) in [6, 6.07) is 19.5. The molecule has 0 saturated heterocycles. The highest BCUT2D eigenvalue weighted by Crippen LogP contribution is 2.40. The quantitative estimate of drug-likeness (QED) is 0.645. The summed E-state index contributed by atoms with van der Waals surface area (Å²) >= 11 is 0. The Labute approximate surface area is 166 Å². The molecule has 0 saturated carbocycles. The van der Waals surface area contributed by atoms with Crippen molar-refractivity contribution >= 4 is 0 Å². The van der Waals surface area contributed by atoms with Crippen molar-refractivity contribution in [2.24, 2.45) is 0 Å². The second kappa shape index (κ2) is 8.44. The van der Waals surface area contributed by atoms with Gasteiger partial charge >= 0.3 is 0 Å². The summed E-state index contributed by atoms with van der Waals surface area (Å²) in [5, 5.41) is 0. The van der Waals surface area contributed by atoms with Gasteiger partial charge in [0, 0.05) is 25.5 Å². The van der Waals surface area contributed by atoms with Crippen molar-refractivity contribution in [1.29, 1.82) is 0 Å². The van der Waals surface area contributed by atoms with Gasteiger partial charge in [0.15, 0.2) is 11.5 Å². The number of nitrogens with zero attached hydrogens (tertiary/aromatic N) is 2. The van der Waals surface area contributed by atoms with Crippen molar-refractivity contribution in [1.82, 2.24) is 9.88 Å². The minimum atomic E-state index is 0.214. The van der Waals surface area contributed by atoms with Crippen molar-refractivity contribution in [2.45, 2.75) is 18.9 Å². The third-order valence-electron chi connectivity index (χ3n) is 5.53. The Morgan fingerprint density at radius 2 is 1.68 bits per heavy atom. The average Bonchev–Trinajstić information content (AvgIpc) is 2.77. The molecule has 1 aromatic heterocycles. The molecule has 4 rings (SSSR count). The van der Waals surface area contributed by atoms with Crippen LogP contribution < -0.4 is 9.47 Å². The van der Waals surface area contributed by atoms with Crippen LogP contribution in [0.5, 0.6) is 11.5 Å². The van der Waals surface area contributed by atoms with Crippen LogP contribution in [0.4, 0.5) is 0 Å². The minimum Gasteiger partial charge on any atom is -0.493 e. The molecule has 0 spiro atoms. The molecule has 1 aliphatic rings. The van der Waals surface area contributed by atoms with E-state index >= 15 is 0 Å². The monoisotopic (exact) mass is 374 g/mol. The van der Waals surface area contributed by atoms with Gasteiger partial charge in [0.1, 0.15) is 0 Å². The largest absolute Gasteiger partial charge is 0.493 e. The molecular weight excluding hydrogens is 348 g/mol. The molecule has 0 N–H and O–H groups in total. The number of pyridine rings is 1. The number of ether oxygens (including phenoxy) is 2. The predicted molar refractivity (Wildman–Crippen MR) is 111 cm³/mol. The number of benzene rings is 2. The number of rotatable bonds is 6. The molecule has 2 heterocycles. The molecule has 28 heavy (non-hydrogen) atoms. The number of methoxy groups -OCH3 is 2. The van der Waals surface area contributed by atoms with Crippen LogP contribution in [0.2, 0.25) is 0 Å². The fourth-order valence-corrected chi connectivity index (χ4v) is 4.09. The molecule has 3 aromatic rings. The summed E-state index contributed by atoms with van der Waals surface area (Å²) in [7, 11) is 3.40. The lowest BCUT2D eigenvalue weighted by molar-refractivity contribution is 0.215. The Morgan fingerprint density at radius 1 is 0.964 bits per heavy atom. The SMILES string of the molecule is COc1cc2c(cc1OC)C(c1ccccc1)N(CCc1ccncc1)CC2. The van der Waals surface area contributed by atoms with Crippen LogP contribution >= 0.6 is 0 Å². The van der Waals surface area contributed by atoms with E-state index in [0.29, 0.717) is 0 Å². The number of aromatic nitrogens is 1. The molecule has 1 aliphatic heterocycles. The zero-order valence-corrected chi connectivity index (χ0v) is 16.5. The highest BCUT2D eigenvalue weighted by atomic mass is 16.5. The summed E-state index contributed by atoms with van der Waals surface area (Å²) in [4.78, 5) is 6.70. The molecule has 0 bridgehead atoms. The molecule has 144 valence electrons. The normalized spacial score (nSPS) is 16.4. The molecule has 0 aliphatic carbocycles. The van der Waals surface area contributed by atoms with E-state index in [1.807, 2.05) is 12.4 Å². The molecule has 1 atom stereocenters. The fourth-order valence-electron chi connectivity index (χ4n) is 4.09. The first-order chi connectivity index (χ1) is 13.8. The fraction of sp³-hybridized carbons (Fsp3) is 0.292. The highest BCUT2D eigenvalue weighted by molar-refractivity contribution is 5.51. The van der Waals surface area contributed by atoms with Crippen LogP contribution in [0, 0.1) is 0 Å². The van der Waals surface area contributed by atoms with Crippen molar-refractivity contribution < 1.29 is 9.47 Å². The van der Waals surface area contributed by atoms with E-state index in [0.717, 1.165) is 37.4 Å². The Morgan fingerprint density at radius 3 is 2.39 bits per heavy atom. The second-order valence-electron chi connectivity index (χ2n) is 7.11. The lowest BCUT2D eigenvalue weighted by atomic mass is 9.87. The Balaban J connectivity index is 1.70. The standard InChI is InChI=1S/C24H26N2O2/c1-27-22-16-20-11-15-26(14-10-18-8-12-25-13-9-18)24(19-6-4-3-5-7-19)21(20)17-23(22)28-2/h3-9,12-13,16-17,24H,10-11,14-15H2,1-2H3. The number of hydrogen-bond donors (Lipinski definition) is 0. The summed E-state index contributed by atoms with van der Waals surface area (Å²) < 4.78 is 11.1. The van der Waals surface area contributed by atoms with Crippen molar-refractivity contribution in [3.8, 4) is 11.5 Å². The first kappa shape index (κ1) is 18.5. The smallest absolute Gasteiger partial charge is 0.161 e. The van der Waals surface area contributed by atoms with Crippen LogP contribution in [-0.4, -0.2) is 37.2 Å². The Kier molecular flexibility index (Phi) is 5.58. The summed E-state index contributed by atoms with van der Waals surface area (Å²) in [5.41, 5.74) is 5.28. The third-order valence-corrected chi connectivity index (χ3v) is 5.53. The van der Waals surface area contributed by atoms with E-state index in [9.17, 15) is 0 Å². The Bertz CT molecular complexity index is 913. The number of fused-ring (bicyclic) bond motifs is 1. The van der Waals surface area contributed by atoms with Gasteiger partial charge in [-0.3, -0.25) is 9.88 Å². The van der Waals surface area contributed by atoms with E-state index in [-0.39, 0.29) is 6.04 Å². The summed E-state index contributed by atoms with van der Waals surface area (Å²) in [6.45, 7) is 2.02. The summed E-state index contributed by atoms with van der Waals surface area (Å²) in [6.07, 6.45) is 5.75. The molecule has 2 aromatic carbocycles. The zero-order valence-electron chi connectivity index (χ0n) is 16.5. The first-order valence-electron chi connectivity index (χ1n) is 9.73. The molecule has 0 fully saturated rings. The van der Waals surface area contributed by atoms with Crippen LogP contribution in [0.1, 0.15) is 28.3 Å². The molecule has 4 heteroatoms. The van der Waals surface area contributed by atoms with Gasteiger partial charge in [-0.25, -0.2) is 0 Å². The van der Waals surface area contributed by atoms with Gasteiger partial charge in [-0.2, -0.15) is 0 Å². The molecule has 0 amide bonds. The van der Waals surface area contributed by atoms with Crippen molar-refractivity contribution in [3.63, 3.8) is 0 Å². The van der Waals surface area contributed by atoms with Gasteiger partial charge in [-0.1, -0.05) is 30.3 Å². The van der Waals surface area contributed by atoms with Crippen molar-refractivity contribution in [2.75, 3.05) is 27.3 Å². The molecule has 1 unspecified atom stereocenters.